The summed E-state index contributed by atoms with van der Waals surface area (Å²) >= 11 is 0. The van der Waals surface area contributed by atoms with Crippen LogP contribution >= 0.6 is 0 Å². The summed E-state index contributed by atoms with van der Waals surface area (Å²) in [5, 5.41) is 0. The second kappa shape index (κ2) is 5.18. The summed E-state index contributed by atoms with van der Waals surface area (Å²) in [5.74, 6) is -1.47. The Labute approximate surface area is 105 Å². The Morgan fingerprint density at radius 1 is 1.22 bits per heavy atom. The van der Waals surface area contributed by atoms with Gasteiger partial charge < -0.3 is 4.74 Å². The van der Waals surface area contributed by atoms with Crippen LogP contribution in [-0.4, -0.2) is 20.3 Å². The van der Waals surface area contributed by atoms with Gasteiger partial charge in [-0.1, -0.05) is 6.07 Å². The molecule has 0 aromatic heterocycles. The van der Waals surface area contributed by atoms with Crippen molar-refractivity contribution in [3.63, 3.8) is 0 Å². The van der Waals surface area contributed by atoms with Crippen LogP contribution in [0.15, 0.2) is 23.1 Å². The number of rotatable bonds is 3. The fourth-order valence-corrected chi connectivity index (χ4v) is 2.51. The molecule has 0 saturated heterocycles. The van der Waals surface area contributed by atoms with E-state index >= 15 is 0 Å². The zero-order chi connectivity index (χ0) is 13.9. The van der Waals surface area contributed by atoms with Crippen LogP contribution in [0.25, 0.3) is 0 Å². The molecule has 0 aliphatic carbocycles. The Balaban J connectivity index is 3.32. The molecule has 1 N–H and O–H groups in total. The third-order valence-corrected chi connectivity index (χ3v) is 3.37. The van der Waals surface area contributed by atoms with E-state index in [0.29, 0.717) is 5.56 Å². The van der Waals surface area contributed by atoms with E-state index in [-0.39, 0.29) is 10.6 Å². The van der Waals surface area contributed by atoms with Crippen molar-refractivity contribution < 1.29 is 22.7 Å². The van der Waals surface area contributed by atoms with Crippen LogP contribution in [0.3, 0.4) is 0 Å². The van der Waals surface area contributed by atoms with Crippen molar-refractivity contribution in [3.05, 3.63) is 23.8 Å². The first-order valence-electron chi connectivity index (χ1n) is 5.05. The second-order valence-corrected chi connectivity index (χ2v) is 5.36. The molecule has 0 heterocycles. The van der Waals surface area contributed by atoms with Gasteiger partial charge in [0, 0.05) is 13.8 Å². The number of amides is 1. The maximum atomic E-state index is 11.9. The molecule has 1 rings (SSSR count). The Bertz CT molecular complexity index is 591. The number of carbonyl (C=O) groups is 2. The maximum Gasteiger partial charge on any atom is 0.308 e. The van der Waals surface area contributed by atoms with Crippen molar-refractivity contribution in [2.24, 2.45) is 0 Å². The predicted octanol–water partition coefficient (Wildman–Crippen LogP) is 0.745. The van der Waals surface area contributed by atoms with Gasteiger partial charge in [0.25, 0.3) is 10.0 Å². The maximum absolute atomic E-state index is 11.9. The Morgan fingerprint density at radius 3 is 2.33 bits per heavy atom. The van der Waals surface area contributed by atoms with Gasteiger partial charge >= 0.3 is 5.97 Å². The SMILES string of the molecule is CC(=O)NS(=O)(=O)c1cc(C)ccc1OC(C)=O. The molecule has 18 heavy (non-hydrogen) atoms. The Hall–Kier alpha value is -1.89. The smallest absolute Gasteiger partial charge is 0.308 e. The van der Waals surface area contributed by atoms with Crippen molar-refractivity contribution in [3.8, 4) is 5.75 Å². The first kappa shape index (κ1) is 14.2. The minimum absolute atomic E-state index is 0.109. The highest BCUT2D eigenvalue weighted by Crippen LogP contribution is 2.25. The normalized spacial score (nSPS) is 10.8. The third kappa shape index (κ3) is 3.56. The molecule has 0 saturated carbocycles. The lowest BCUT2D eigenvalue weighted by atomic mass is 10.2. The van der Waals surface area contributed by atoms with E-state index in [2.05, 4.69) is 0 Å². The number of hydrogen-bond donors (Lipinski definition) is 1. The molecule has 7 heteroatoms. The minimum Gasteiger partial charge on any atom is -0.425 e. The topological polar surface area (TPSA) is 89.5 Å². The first-order chi connectivity index (χ1) is 8.22. The van der Waals surface area contributed by atoms with Gasteiger partial charge in [-0.3, -0.25) is 9.59 Å². The predicted molar refractivity (Wildman–Crippen MR) is 63.5 cm³/mol. The molecular formula is C11H13NO5S. The molecule has 0 radical (unpaired) electrons. The van der Waals surface area contributed by atoms with Crippen molar-refractivity contribution in [2.75, 3.05) is 0 Å². The van der Waals surface area contributed by atoms with Crippen LogP contribution in [0.5, 0.6) is 5.75 Å². The molecule has 0 aliphatic heterocycles. The van der Waals surface area contributed by atoms with Crippen LogP contribution in [0.4, 0.5) is 0 Å². The highest BCUT2D eigenvalue weighted by atomic mass is 32.2. The molecule has 1 amide bonds. The summed E-state index contributed by atoms with van der Waals surface area (Å²) in [5.41, 5.74) is 0.662. The van der Waals surface area contributed by atoms with Gasteiger partial charge in [-0.25, -0.2) is 13.1 Å². The van der Waals surface area contributed by atoms with Gasteiger partial charge in [-0.2, -0.15) is 0 Å². The first-order valence-corrected chi connectivity index (χ1v) is 6.53. The number of benzene rings is 1. The van der Waals surface area contributed by atoms with Gasteiger partial charge in [0.15, 0.2) is 5.75 Å². The molecule has 1 aromatic rings. The average molecular weight is 271 g/mol. The molecule has 0 unspecified atom stereocenters. The van der Waals surface area contributed by atoms with Gasteiger partial charge in [-0.05, 0) is 24.6 Å². The van der Waals surface area contributed by atoms with E-state index < -0.39 is 21.9 Å². The van der Waals surface area contributed by atoms with Crippen molar-refractivity contribution in [2.45, 2.75) is 25.7 Å². The van der Waals surface area contributed by atoms with Gasteiger partial charge in [0.2, 0.25) is 5.91 Å². The lowest BCUT2D eigenvalue weighted by Crippen LogP contribution is -2.28. The van der Waals surface area contributed by atoms with Crippen molar-refractivity contribution >= 4 is 21.9 Å². The molecule has 1 aromatic carbocycles. The van der Waals surface area contributed by atoms with E-state index in [9.17, 15) is 18.0 Å². The number of esters is 1. The van der Waals surface area contributed by atoms with Crippen molar-refractivity contribution in [1.82, 2.24) is 4.72 Å². The monoisotopic (exact) mass is 271 g/mol. The highest BCUT2D eigenvalue weighted by molar-refractivity contribution is 7.90. The van der Waals surface area contributed by atoms with Crippen molar-refractivity contribution in [1.29, 1.82) is 0 Å². The number of nitrogens with one attached hydrogen (secondary N) is 1. The van der Waals surface area contributed by atoms with E-state index in [1.54, 1.807) is 13.0 Å². The van der Waals surface area contributed by atoms with Crippen LogP contribution in [0.2, 0.25) is 0 Å². The zero-order valence-corrected chi connectivity index (χ0v) is 11.0. The van der Waals surface area contributed by atoms with Crippen LogP contribution < -0.4 is 9.46 Å². The standard InChI is InChI=1S/C11H13NO5S/c1-7-4-5-10(17-9(3)14)11(6-7)18(15,16)12-8(2)13/h4-6H,1-3H3,(H,12,13). The van der Waals surface area contributed by atoms with E-state index in [1.165, 1.54) is 12.1 Å². The zero-order valence-electron chi connectivity index (χ0n) is 10.2. The molecule has 0 atom stereocenters. The number of sulfonamides is 1. The van der Waals surface area contributed by atoms with Crippen LogP contribution in [-0.2, 0) is 19.6 Å². The fourth-order valence-electron chi connectivity index (χ4n) is 1.31. The van der Waals surface area contributed by atoms with E-state index in [1.807, 2.05) is 4.72 Å². The Morgan fingerprint density at radius 2 is 1.83 bits per heavy atom. The molecule has 0 aliphatic rings. The van der Waals surface area contributed by atoms with E-state index in [4.69, 9.17) is 4.74 Å². The fraction of sp³-hybridized carbons (Fsp3) is 0.273. The second-order valence-electron chi connectivity index (χ2n) is 3.71. The number of aryl methyl sites for hydroxylation is 1. The largest absolute Gasteiger partial charge is 0.425 e. The number of hydrogen-bond acceptors (Lipinski definition) is 5. The molecule has 0 bridgehead atoms. The molecule has 98 valence electrons. The minimum atomic E-state index is -4.04. The molecule has 6 nitrogen and oxygen atoms in total. The summed E-state index contributed by atoms with van der Waals surface area (Å²) in [4.78, 5) is 21.5. The average Bonchev–Trinajstić information content (AvgIpc) is 2.18. The summed E-state index contributed by atoms with van der Waals surface area (Å²) in [6.07, 6.45) is 0. The van der Waals surface area contributed by atoms with Crippen LogP contribution in [0, 0.1) is 6.92 Å². The quantitative estimate of drug-likeness (QED) is 0.647. The van der Waals surface area contributed by atoms with Gasteiger partial charge in [-0.15, -0.1) is 0 Å². The lowest BCUT2D eigenvalue weighted by Gasteiger charge is -2.10. The van der Waals surface area contributed by atoms with Gasteiger partial charge in [0.05, 0.1) is 0 Å². The van der Waals surface area contributed by atoms with Gasteiger partial charge in [0.1, 0.15) is 4.90 Å². The third-order valence-electron chi connectivity index (χ3n) is 1.92. The summed E-state index contributed by atoms with van der Waals surface area (Å²) in [6, 6.07) is 4.29. The summed E-state index contributed by atoms with van der Waals surface area (Å²) in [6.45, 7) is 3.93. The molecule has 0 spiro atoms. The Kier molecular flexibility index (Phi) is 4.07. The lowest BCUT2D eigenvalue weighted by molar-refractivity contribution is -0.132. The molecule has 0 fully saturated rings. The molecular weight excluding hydrogens is 258 g/mol. The van der Waals surface area contributed by atoms with E-state index in [0.717, 1.165) is 13.8 Å². The van der Waals surface area contributed by atoms with Crippen LogP contribution in [0.1, 0.15) is 19.4 Å². The number of ether oxygens (including phenoxy) is 1. The summed E-state index contributed by atoms with van der Waals surface area (Å²) < 4.78 is 30.4. The summed E-state index contributed by atoms with van der Waals surface area (Å²) in [7, 11) is -4.04. The number of carbonyl (C=O) groups excluding carboxylic acids is 2. The highest BCUT2D eigenvalue weighted by Gasteiger charge is 2.21.